The summed E-state index contributed by atoms with van der Waals surface area (Å²) in [5.41, 5.74) is 3.60. The van der Waals surface area contributed by atoms with Crippen LogP contribution in [-0.2, 0) is 38.1 Å². The van der Waals surface area contributed by atoms with E-state index < -0.39 is 23.8 Å². The van der Waals surface area contributed by atoms with Crippen LogP contribution < -0.4 is 5.32 Å². The predicted molar refractivity (Wildman–Crippen MR) is 194 cm³/mol. The third-order valence-corrected chi connectivity index (χ3v) is 13.1. The predicted octanol–water partition coefficient (Wildman–Crippen LogP) is 5.41. The lowest BCUT2D eigenvalue weighted by Gasteiger charge is -2.39. The molecule has 0 aromatic carbocycles. The number of carbonyl (C=O) groups excluding carboxylic acids is 4. The van der Waals surface area contributed by atoms with E-state index in [1.165, 1.54) is 51.4 Å². The first-order chi connectivity index (χ1) is 25.3. The van der Waals surface area contributed by atoms with Crippen molar-refractivity contribution in [3.8, 4) is 0 Å². The molecule has 6 fully saturated rings. The molecule has 4 saturated carbocycles. The highest BCUT2D eigenvalue weighted by molar-refractivity contribution is 6.10. The second-order valence-corrected chi connectivity index (χ2v) is 16.3. The standard InChI is InChI=1S/C41H64N2O9/c1-2-33(27-6-4-3-5-7-27)38(28-8-12-30(44)13-9-28)29-10-14-31(15-11-29)51-24-22-49-20-21-50-23-25-52-32-16-17-34-35(26-32)41(48)43(40(34)47)36-18-19-37(45)42-39(36)46/h27-32,34-36,44H,2-26H2,1H3,(H,42,45,46)/b38-33-. The van der Waals surface area contributed by atoms with E-state index >= 15 is 0 Å². The van der Waals surface area contributed by atoms with Gasteiger partial charge in [-0.15, -0.1) is 0 Å². The fourth-order valence-electron chi connectivity index (χ4n) is 10.4. The highest BCUT2D eigenvalue weighted by Crippen LogP contribution is 2.46. The average Bonchev–Trinajstić information content (AvgIpc) is 3.40. The SMILES string of the molecule is CC/C(=C(\C1CCC(O)CC1)C1CCC(OCCOCCOCCOC2CCC3C(=O)N(C4CCC(=O)NC4=O)C(=O)C3C2)CC1)C1CCCCC1. The highest BCUT2D eigenvalue weighted by Gasteiger charge is 2.54. The number of carbonyl (C=O) groups is 4. The summed E-state index contributed by atoms with van der Waals surface area (Å²) < 4.78 is 23.8. The number of fused-ring (bicyclic) bond motifs is 1. The smallest absolute Gasteiger partial charge is 0.249 e. The number of aliphatic hydroxyl groups excluding tert-OH is 1. The fraction of sp³-hybridized carbons (Fsp3) is 0.854. The Morgan fingerprint density at radius 1 is 0.654 bits per heavy atom. The second-order valence-electron chi connectivity index (χ2n) is 16.3. The number of ether oxygens (including phenoxy) is 4. The van der Waals surface area contributed by atoms with Gasteiger partial charge in [0.2, 0.25) is 23.6 Å². The Morgan fingerprint density at radius 3 is 1.87 bits per heavy atom. The number of hydrogen-bond donors (Lipinski definition) is 2. The van der Waals surface area contributed by atoms with Crippen LogP contribution in [0, 0.1) is 29.6 Å². The molecule has 2 N–H and O–H groups in total. The van der Waals surface area contributed by atoms with Gasteiger partial charge in [-0.2, -0.15) is 0 Å². The Balaban J connectivity index is 0.824. The lowest BCUT2D eigenvalue weighted by atomic mass is 9.68. The molecule has 4 atom stereocenters. The maximum atomic E-state index is 13.1. The van der Waals surface area contributed by atoms with E-state index in [1.54, 1.807) is 11.1 Å². The Kier molecular flexibility index (Phi) is 14.8. The van der Waals surface area contributed by atoms with Gasteiger partial charge in [-0.25, -0.2) is 0 Å². The minimum Gasteiger partial charge on any atom is -0.393 e. The van der Waals surface area contributed by atoms with Gasteiger partial charge in [0.1, 0.15) is 6.04 Å². The maximum Gasteiger partial charge on any atom is 0.249 e. The first-order valence-corrected chi connectivity index (χ1v) is 20.8. The van der Waals surface area contributed by atoms with Gasteiger partial charge in [0.15, 0.2) is 0 Å². The summed E-state index contributed by atoms with van der Waals surface area (Å²) in [6.45, 7) is 5.29. The largest absolute Gasteiger partial charge is 0.393 e. The zero-order valence-corrected chi connectivity index (χ0v) is 31.5. The van der Waals surface area contributed by atoms with Crippen molar-refractivity contribution in [1.29, 1.82) is 0 Å². The maximum absolute atomic E-state index is 13.1. The third kappa shape index (κ3) is 9.92. The molecule has 4 amide bonds. The molecule has 0 aromatic heterocycles. The Hall–Kier alpha value is -2.18. The van der Waals surface area contributed by atoms with Gasteiger partial charge in [-0.3, -0.25) is 29.4 Å². The molecule has 6 rings (SSSR count). The van der Waals surface area contributed by atoms with Crippen LogP contribution in [0.15, 0.2) is 11.1 Å². The molecule has 0 aromatic rings. The summed E-state index contributed by atoms with van der Waals surface area (Å²) in [5, 5.41) is 12.5. The molecule has 11 heteroatoms. The van der Waals surface area contributed by atoms with Gasteiger partial charge < -0.3 is 24.1 Å². The molecular formula is C41H64N2O9. The third-order valence-electron chi connectivity index (χ3n) is 13.1. The van der Waals surface area contributed by atoms with Crippen LogP contribution in [0.2, 0.25) is 0 Å². The first kappa shape index (κ1) is 39.5. The van der Waals surface area contributed by atoms with Gasteiger partial charge in [0.05, 0.1) is 69.8 Å². The Labute approximate surface area is 310 Å². The van der Waals surface area contributed by atoms with Gasteiger partial charge in [0.25, 0.3) is 0 Å². The number of nitrogens with zero attached hydrogens (tertiary/aromatic N) is 1. The molecule has 2 aliphatic heterocycles. The molecule has 0 bridgehead atoms. The van der Waals surface area contributed by atoms with Crippen LogP contribution in [0.25, 0.3) is 0 Å². The second kappa shape index (κ2) is 19.4. The monoisotopic (exact) mass is 728 g/mol. The number of allylic oxidation sites excluding steroid dienone is 2. The van der Waals surface area contributed by atoms with E-state index in [0.29, 0.717) is 76.8 Å². The normalized spacial score (nSPS) is 33.9. The molecule has 2 heterocycles. The van der Waals surface area contributed by atoms with E-state index in [0.717, 1.165) is 49.3 Å². The summed E-state index contributed by atoms with van der Waals surface area (Å²) >= 11 is 0. The van der Waals surface area contributed by atoms with Gasteiger partial charge in [-0.1, -0.05) is 37.3 Å². The Bertz CT molecular complexity index is 1250. The average molecular weight is 729 g/mol. The van der Waals surface area contributed by atoms with Crippen LogP contribution in [0.4, 0.5) is 0 Å². The van der Waals surface area contributed by atoms with Crippen molar-refractivity contribution < 1.29 is 43.2 Å². The summed E-state index contributed by atoms with van der Waals surface area (Å²) in [6.07, 6.45) is 19.0. The van der Waals surface area contributed by atoms with Gasteiger partial charge in [0, 0.05) is 6.42 Å². The summed E-state index contributed by atoms with van der Waals surface area (Å²) in [5.74, 6) is -0.319. The molecule has 4 unspecified atom stereocenters. The van der Waals surface area contributed by atoms with Crippen LogP contribution in [0.3, 0.4) is 0 Å². The fourth-order valence-corrected chi connectivity index (χ4v) is 10.4. The van der Waals surface area contributed by atoms with Gasteiger partial charge in [-0.05, 0) is 114 Å². The number of rotatable bonds is 16. The van der Waals surface area contributed by atoms with E-state index in [9.17, 15) is 24.3 Å². The molecule has 4 aliphatic carbocycles. The number of piperidine rings is 1. The van der Waals surface area contributed by atoms with Crippen molar-refractivity contribution in [3.05, 3.63) is 11.1 Å². The minimum atomic E-state index is -0.894. The van der Waals surface area contributed by atoms with E-state index in [4.69, 9.17) is 18.9 Å². The van der Waals surface area contributed by atoms with E-state index in [1.807, 2.05) is 0 Å². The lowest BCUT2D eigenvalue weighted by Crippen LogP contribution is -2.54. The minimum absolute atomic E-state index is 0.107. The summed E-state index contributed by atoms with van der Waals surface area (Å²) in [7, 11) is 0. The quantitative estimate of drug-likeness (QED) is 0.121. The topological polar surface area (TPSA) is 141 Å². The van der Waals surface area contributed by atoms with Crippen LogP contribution in [0.5, 0.6) is 0 Å². The molecule has 292 valence electrons. The number of hydrogen-bond acceptors (Lipinski definition) is 9. The van der Waals surface area contributed by atoms with Crippen LogP contribution in [0.1, 0.15) is 129 Å². The van der Waals surface area contributed by atoms with Crippen LogP contribution in [-0.4, -0.2) is 97.6 Å². The molecule has 11 nitrogen and oxygen atoms in total. The summed E-state index contributed by atoms with van der Waals surface area (Å²) in [4.78, 5) is 51.1. The number of likely N-dealkylation sites (tertiary alicyclic amines) is 1. The molecule has 2 saturated heterocycles. The number of imide groups is 2. The zero-order chi connectivity index (χ0) is 36.5. The lowest BCUT2D eigenvalue weighted by molar-refractivity contribution is -0.151. The van der Waals surface area contributed by atoms with Crippen molar-refractivity contribution >= 4 is 23.6 Å². The van der Waals surface area contributed by atoms with Crippen molar-refractivity contribution in [2.45, 2.75) is 153 Å². The first-order valence-electron chi connectivity index (χ1n) is 20.8. The number of nitrogens with one attached hydrogen (secondary N) is 1. The zero-order valence-electron chi connectivity index (χ0n) is 31.5. The molecular weight excluding hydrogens is 664 g/mol. The number of aliphatic hydroxyl groups is 1. The van der Waals surface area contributed by atoms with Crippen LogP contribution >= 0.6 is 0 Å². The molecule has 0 spiro atoms. The van der Waals surface area contributed by atoms with Crippen molar-refractivity contribution in [3.63, 3.8) is 0 Å². The Morgan fingerprint density at radius 2 is 1.23 bits per heavy atom. The molecule has 6 aliphatic rings. The van der Waals surface area contributed by atoms with E-state index in [2.05, 4.69) is 12.2 Å². The van der Waals surface area contributed by atoms with Gasteiger partial charge >= 0.3 is 0 Å². The highest BCUT2D eigenvalue weighted by atomic mass is 16.6. The van der Waals surface area contributed by atoms with E-state index in [-0.39, 0.29) is 42.8 Å². The molecule has 0 radical (unpaired) electrons. The van der Waals surface area contributed by atoms with Crippen molar-refractivity contribution in [1.82, 2.24) is 10.2 Å². The summed E-state index contributed by atoms with van der Waals surface area (Å²) in [6, 6.07) is -0.894. The van der Waals surface area contributed by atoms with Crippen molar-refractivity contribution in [2.75, 3.05) is 39.6 Å². The molecule has 52 heavy (non-hydrogen) atoms. The number of amides is 4. The van der Waals surface area contributed by atoms with Crippen molar-refractivity contribution in [2.24, 2.45) is 29.6 Å².